The van der Waals surface area contributed by atoms with E-state index in [1.165, 1.54) is 0 Å². The summed E-state index contributed by atoms with van der Waals surface area (Å²) >= 11 is 0. The van der Waals surface area contributed by atoms with Crippen LogP contribution in [0.15, 0.2) is 12.3 Å². The van der Waals surface area contributed by atoms with Gasteiger partial charge in [-0.15, -0.1) is 6.42 Å². The van der Waals surface area contributed by atoms with Gasteiger partial charge in [-0.25, -0.2) is 4.98 Å². The lowest BCUT2D eigenvalue weighted by Crippen LogP contribution is -2.14. The van der Waals surface area contributed by atoms with Crippen LogP contribution in [0.4, 0.5) is 11.8 Å². The van der Waals surface area contributed by atoms with Crippen LogP contribution < -0.4 is 11.1 Å². The summed E-state index contributed by atoms with van der Waals surface area (Å²) in [7, 11) is 0. The van der Waals surface area contributed by atoms with E-state index in [9.17, 15) is 0 Å². The van der Waals surface area contributed by atoms with Gasteiger partial charge in [-0.05, 0) is 13.0 Å². The van der Waals surface area contributed by atoms with Gasteiger partial charge in [0.25, 0.3) is 0 Å². The molecule has 0 aliphatic heterocycles. The normalized spacial score (nSPS) is 11.7. The largest absolute Gasteiger partial charge is 0.384 e. The molecule has 0 aliphatic carbocycles. The summed E-state index contributed by atoms with van der Waals surface area (Å²) in [6.07, 6.45) is 6.74. The van der Waals surface area contributed by atoms with Gasteiger partial charge in [0, 0.05) is 6.20 Å². The molecule has 0 saturated carbocycles. The number of terminal acetylenes is 1. The molecule has 1 heterocycles. The van der Waals surface area contributed by atoms with E-state index < -0.39 is 0 Å². The average Bonchev–Trinajstić information content (AvgIpc) is 2.04. The van der Waals surface area contributed by atoms with E-state index >= 15 is 0 Å². The van der Waals surface area contributed by atoms with E-state index in [0.29, 0.717) is 11.8 Å². The molecule has 1 aromatic heterocycles. The first-order chi connectivity index (χ1) is 5.72. The maximum atomic E-state index is 5.43. The number of hydrogen-bond acceptors (Lipinski definition) is 4. The van der Waals surface area contributed by atoms with Gasteiger partial charge in [0.1, 0.15) is 5.82 Å². The van der Waals surface area contributed by atoms with Crippen molar-refractivity contribution in [3.63, 3.8) is 0 Å². The van der Waals surface area contributed by atoms with Crippen LogP contribution in [0, 0.1) is 12.3 Å². The van der Waals surface area contributed by atoms with Gasteiger partial charge in [0.2, 0.25) is 5.95 Å². The monoisotopic (exact) mass is 162 g/mol. The van der Waals surface area contributed by atoms with E-state index in [2.05, 4.69) is 21.2 Å². The highest BCUT2D eigenvalue weighted by Gasteiger charge is 1.98. The molecule has 3 N–H and O–H groups in total. The smallest absolute Gasteiger partial charge is 0.225 e. The van der Waals surface area contributed by atoms with E-state index in [1.807, 2.05) is 6.92 Å². The quantitative estimate of drug-likeness (QED) is 0.621. The van der Waals surface area contributed by atoms with Crippen molar-refractivity contribution in [1.29, 1.82) is 0 Å². The fourth-order valence-corrected chi connectivity index (χ4v) is 0.678. The van der Waals surface area contributed by atoms with Gasteiger partial charge in [-0.1, -0.05) is 5.92 Å². The molecule has 0 radical (unpaired) electrons. The minimum atomic E-state index is -0.0909. The summed E-state index contributed by atoms with van der Waals surface area (Å²) in [5.41, 5.74) is 5.43. The Labute approximate surface area is 71.2 Å². The van der Waals surface area contributed by atoms with Crippen molar-refractivity contribution >= 4 is 11.8 Å². The van der Waals surface area contributed by atoms with Crippen molar-refractivity contribution in [2.24, 2.45) is 0 Å². The molecular weight excluding hydrogens is 152 g/mol. The van der Waals surface area contributed by atoms with Gasteiger partial charge in [-0.2, -0.15) is 4.98 Å². The zero-order chi connectivity index (χ0) is 8.97. The number of nitrogen functional groups attached to an aromatic ring is 1. The summed E-state index contributed by atoms with van der Waals surface area (Å²) in [6, 6.07) is 1.53. The molecule has 1 atom stereocenters. The Hall–Kier alpha value is -1.76. The molecule has 1 rings (SSSR count). The molecule has 0 amide bonds. The van der Waals surface area contributed by atoms with Crippen molar-refractivity contribution in [2.45, 2.75) is 13.0 Å². The molecule has 1 unspecified atom stereocenters. The highest BCUT2D eigenvalue weighted by atomic mass is 15.1. The van der Waals surface area contributed by atoms with Crippen LogP contribution in [-0.4, -0.2) is 16.0 Å². The molecule has 0 saturated heterocycles. The van der Waals surface area contributed by atoms with Gasteiger partial charge in [0.15, 0.2) is 0 Å². The van der Waals surface area contributed by atoms with Crippen molar-refractivity contribution in [3.8, 4) is 12.3 Å². The van der Waals surface area contributed by atoms with E-state index in [0.717, 1.165) is 0 Å². The molecule has 12 heavy (non-hydrogen) atoms. The Morgan fingerprint density at radius 3 is 3.08 bits per heavy atom. The molecule has 62 valence electrons. The minimum Gasteiger partial charge on any atom is -0.384 e. The first-order valence-electron chi connectivity index (χ1n) is 3.53. The zero-order valence-electron chi connectivity index (χ0n) is 6.78. The first-order valence-corrected chi connectivity index (χ1v) is 3.53. The topological polar surface area (TPSA) is 63.8 Å². The Kier molecular flexibility index (Phi) is 2.49. The Morgan fingerprint density at radius 2 is 2.50 bits per heavy atom. The third-order valence-corrected chi connectivity index (χ3v) is 1.27. The Balaban J connectivity index is 2.71. The number of rotatable bonds is 2. The van der Waals surface area contributed by atoms with Crippen molar-refractivity contribution < 1.29 is 0 Å². The van der Waals surface area contributed by atoms with Gasteiger partial charge in [-0.3, -0.25) is 0 Å². The maximum absolute atomic E-state index is 5.43. The van der Waals surface area contributed by atoms with Crippen LogP contribution in [0.3, 0.4) is 0 Å². The van der Waals surface area contributed by atoms with Crippen molar-refractivity contribution in [2.75, 3.05) is 11.1 Å². The van der Waals surface area contributed by atoms with Crippen LogP contribution in [0.25, 0.3) is 0 Å². The van der Waals surface area contributed by atoms with Crippen LogP contribution >= 0.6 is 0 Å². The molecule has 0 spiro atoms. The summed E-state index contributed by atoms with van der Waals surface area (Å²) < 4.78 is 0. The number of aromatic nitrogens is 2. The van der Waals surface area contributed by atoms with Crippen LogP contribution in [0.2, 0.25) is 0 Å². The van der Waals surface area contributed by atoms with Crippen molar-refractivity contribution in [3.05, 3.63) is 12.3 Å². The van der Waals surface area contributed by atoms with E-state index in [1.54, 1.807) is 12.3 Å². The molecular formula is C8H10N4. The van der Waals surface area contributed by atoms with Crippen LogP contribution in [-0.2, 0) is 0 Å². The second kappa shape index (κ2) is 3.58. The van der Waals surface area contributed by atoms with Gasteiger partial charge >= 0.3 is 0 Å². The van der Waals surface area contributed by atoms with Crippen molar-refractivity contribution in [1.82, 2.24) is 9.97 Å². The third kappa shape index (κ3) is 2.13. The predicted molar refractivity (Wildman–Crippen MR) is 48.4 cm³/mol. The summed E-state index contributed by atoms with van der Waals surface area (Å²) in [5.74, 6) is 3.39. The zero-order valence-corrected chi connectivity index (χ0v) is 6.78. The fourth-order valence-electron chi connectivity index (χ4n) is 0.678. The van der Waals surface area contributed by atoms with E-state index in [4.69, 9.17) is 12.2 Å². The highest BCUT2D eigenvalue weighted by molar-refractivity contribution is 5.36. The number of nitrogens with zero attached hydrogens (tertiary/aromatic N) is 2. The number of nitrogens with one attached hydrogen (secondary N) is 1. The van der Waals surface area contributed by atoms with Crippen LogP contribution in [0.5, 0.6) is 0 Å². The second-order valence-electron chi connectivity index (χ2n) is 2.34. The lowest BCUT2D eigenvalue weighted by Gasteiger charge is -2.06. The average molecular weight is 162 g/mol. The lowest BCUT2D eigenvalue weighted by molar-refractivity contribution is 0.985. The molecule has 4 nitrogen and oxygen atoms in total. The van der Waals surface area contributed by atoms with E-state index in [-0.39, 0.29) is 6.04 Å². The van der Waals surface area contributed by atoms with Gasteiger partial charge < -0.3 is 11.1 Å². The SMILES string of the molecule is C#CC(C)Nc1nccc(N)n1. The molecule has 0 fully saturated rings. The highest BCUT2D eigenvalue weighted by Crippen LogP contribution is 2.01. The standard InChI is InChI=1S/C8H10N4/c1-3-6(2)11-8-10-5-4-7(9)12-8/h1,4-6H,2H3,(H3,9,10,11,12). The number of hydrogen-bond donors (Lipinski definition) is 2. The third-order valence-electron chi connectivity index (χ3n) is 1.27. The predicted octanol–water partition coefficient (Wildman–Crippen LogP) is 0.492. The lowest BCUT2D eigenvalue weighted by atomic mass is 10.4. The van der Waals surface area contributed by atoms with Crippen LogP contribution in [0.1, 0.15) is 6.92 Å². The molecule has 0 aromatic carbocycles. The van der Waals surface area contributed by atoms with Gasteiger partial charge in [0.05, 0.1) is 6.04 Å². The molecule has 4 heteroatoms. The first kappa shape index (κ1) is 8.34. The fraction of sp³-hybridized carbons (Fsp3) is 0.250. The Bertz CT molecular complexity index is 302. The Morgan fingerprint density at radius 1 is 1.75 bits per heavy atom. The number of nitrogens with two attached hydrogens (primary N) is 1. The minimum absolute atomic E-state index is 0.0909. The maximum Gasteiger partial charge on any atom is 0.225 e. The summed E-state index contributed by atoms with van der Waals surface area (Å²) in [6.45, 7) is 1.84. The summed E-state index contributed by atoms with van der Waals surface area (Å²) in [4.78, 5) is 7.85. The molecule has 0 aliphatic rings. The second-order valence-corrected chi connectivity index (χ2v) is 2.34. The summed E-state index contributed by atoms with van der Waals surface area (Å²) in [5, 5.41) is 2.89. The molecule has 0 bridgehead atoms. The molecule has 1 aromatic rings. The number of anilines is 2.